The van der Waals surface area contributed by atoms with E-state index in [1.807, 2.05) is 0 Å². The van der Waals surface area contributed by atoms with Gasteiger partial charge in [-0.3, -0.25) is 0 Å². The molecular formula is C61H44N2. The SMILES string of the molecule is CC1(C)c2cc(-c3ccc4c(c3)c(-c3ccccc3)c(-c3ccccc3)n4-c3cccc4ccccc34)ccc2-c2ccc(N(c3ccccc3)c3cccc4ccccc34)cc21. The van der Waals surface area contributed by atoms with Crippen LogP contribution in [0.25, 0.3) is 82.8 Å². The highest BCUT2D eigenvalue weighted by molar-refractivity contribution is 6.09. The Balaban J connectivity index is 1.02. The molecule has 2 heteroatoms. The minimum Gasteiger partial charge on any atom is -0.310 e. The molecule has 1 aliphatic rings. The Morgan fingerprint density at radius 2 is 0.937 bits per heavy atom. The van der Waals surface area contributed by atoms with Crippen molar-refractivity contribution in [3.05, 3.63) is 242 Å². The molecule has 0 fully saturated rings. The molecule has 0 amide bonds. The molecule has 0 saturated carbocycles. The van der Waals surface area contributed by atoms with E-state index in [-0.39, 0.29) is 5.41 Å². The highest BCUT2D eigenvalue weighted by Crippen LogP contribution is 2.52. The summed E-state index contributed by atoms with van der Waals surface area (Å²) in [6, 6.07) is 84.6. The van der Waals surface area contributed by atoms with Crippen LogP contribution < -0.4 is 4.90 Å². The molecule has 0 N–H and O–H groups in total. The summed E-state index contributed by atoms with van der Waals surface area (Å²) in [6.07, 6.45) is 0. The Kier molecular flexibility index (Phi) is 8.55. The van der Waals surface area contributed by atoms with Gasteiger partial charge in [-0.05, 0) is 110 Å². The number of anilines is 3. The third kappa shape index (κ3) is 5.94. The average Bonchev–Trinajstić information content (AvgIpc) is 3.80. The standard InChI is InChI=1S/C61H44N2/c1-61(2)54-39-46(32-35-51(54)52-36-34-48(40-55(52)61)62(47-26-10-5-11-27-47)56-30-16-24-41-18-12-14-28-49(41)56)45-33-37-58-53(38-45)59(43-20-6-3-7-21-43)60(44-22-8-4-9-23-44)63(58)57-31-17-25-42-19-13-15-29-50(42)57/h3-40H,1-2H3. The Labute approximate surface area is 368 Å². The monoisotopic (exact) mass is 804 g/mol. The predicted octanol–water partition coefficient (Wildman–Crippen LogP) is 16.7. The summed E-state index contributed by atoms with van der Waals surface area (Å²) in [4.78, 5) is 2.42. The summed E-state index contributed by atoms with van der Waals surface area (Å²) in [5.74, 6) is 0. The van der Waals surface area contributed by atoms with Crippen LogP contribution in [0.4, 0.5) is 17.1 Å². The summed E-state index contributed by atoms with van der Waals surface area (Å²) in [7, 11) is 0. The van der Waals surface area contributed by atoms with E-state index in [0.29, 0.717) is 0 Å². The molecule has 0 spiro atoms. The summed E-state index contributed by atoms with van der Waals surface area (Å²) in [5, 5.41) is 6.14. The molecule has 10 aromatic carbocycles. The van der Waals surface area contributed by atoms with Gasteiger partial charge in [-0.1, -0.05) is 190 Å². The quantitative estimate of drug-likeness (QED) is 0.156. The molecule has 0 radical (unpaired) electrons. The minimum atomic E-state index is -0.227. The zero-order chi connectivity index (χ0) is 42.1. The number of fused-ring (bicyclic) bond motifs is 6. The van der Waals surface area contributed by atoms with Crippen LogP contribution in [0.1, 0.15) is 25.0 Å². The fraction of sp³-hybridized carbons (Fsp3) is 0.0492. The number of rotatable bonds is 7. The second-order valence-electron chi connectivity index (χ2n) is 17.3. The molecule has 1 heterocycles. The Morgan fingerprint density at radius 3 is 1.68 bits per heavy atom. The van der Waals surface area contributed by atoms with Gasteiger partial charge in [-0.25, -0.2) is 0 Å². The van der Waals surface area contributed by atoms with Gasteiger partial charge in [0.05, 0.1) is 22.6 Å². The third-order valence-electron chi connectivity index (χ3n) is 13.4. The molecule has 0 bridgehead atoms. The van der Waals surface area contributed by atoms with Crippen molar-refractivity contribution in [3.8, 4) is 50.3 Å². The fourth-order valence-electron chi connectivity index (χ4n) is 10.3. The first-order valence-corrected chi connectivity index (χ1v) is 21.9. The fourth-order valence-corrected chi connectivity index (χ4v) is 10.3. The number of hydrogen-bond donors (Lipinski definition) is 0. The Hall–Kier alpha value is -7.94. The van der Waals surface area contributed by atoms with Crippen LogP contribution in [-0.2, 0) is 5.41 Å². The van der Waals surface area contributed by atoms with Crippen LogP contribution in [-0.4, -0.2) is 4.57 Å². The minimum absolute atomic E-state index is 0.227. The third-order valence-corrected chi connectivity index (χ3v) is 13.4. The normalized spacial score (nSPS) is 12.7. The maximum Gasteiger partial charge on any atom is 0.0619 e. The van der Waals surface area contributed by atoms with E-state index >= 15 is 0 Å². The topological polar surface area (TPSA) is 8.17 Å². The van der Waals surface area contributed by atoms with Gasteiger partial charge in [0.15, 0.2) is 0 Å². The van der Waals surface area contributed by atoms with E-state index in [0.717, 1.165) is 11.4 Å². The van der Waals surface area contributed by atoms with Crippen molar-refractivity contribution in [2.24, 2.45) is 0 Å². The van der Waals surface area contributed by atoms with Gasteiger partial charge in [0.1, 0.15) is 0 Å². The maximum absolute atomic E-state index is 2.50. The zero-order valence-corrected chi connectivity index (χ0v) is 35.3. The molecule has 298 valence electrons. The van der Waals surface area contributed by atoms with Gasteiger partial charge in [-0.2, -0.15) is 0 Å². The molecule has 12 rings (SSSR count). The Bertz CT molecular complexity index is 3510. The first-order valence-electron chi connectivity index (χ1n) is 21.9. The van der Waals surface area contributed by atoms with Crippen molar-refractivity contribution in [2.75, 3.05) is 4.90 Å². The second-order valence-corrected chi connectivity index (χ2v) is 17.3. The van der Waals surface area contributed by atoms with Crippen molar-refractivity contribution in [3.63, 3.8) is 0 Å². The summed E-state index contributed by atoms with van der Waals surface area (Å²) >= 11 is 0. The van der Waals surface area contributed by atoms with E-state index in [4.69, 9.17) is 0 Å². The predicted molar refractivity (Wildman–Crippen MR) is 267 cm³/mol. The molecule has 0 aliphatic heterocycles. The molecule has 1 aliphatic carbocycles. The number of para-hydroxylation sites is 1. The van der Waals surface area contributed by atoms with Crippen molar-refractivity contribution >= 4 is 49.5 Å². The molecular weight excluding hydrogens is 761 g/mol. The van der Waals surface area contributed by atoms with E-state index in [9.17, 15) is 0 Å². The molecule has 11 aromatic rings. The van der Waals surface area contributed by atoms with E-state index in [1.165, 1.54) is 99.6 Å². The summed E-state index contributed by atoms with van der Waals surface area (Å²) < 4.78 is 2.50. The van der Waals surface area contributed by atoms with Crippen LogP contribution in [0, 0.1) is 0 Å². The number of benzene rings is 10. The second kappa shape index (κ2) is 14.6. The van der Waals surface area contributed by atoms with Crippen LogP contribution in [0.3, 0.4) is 0 Å². The highest BCUT2D eigenvalue weighted by atomic mass is 15.1. The number of nitrogens with zero attached hydrogens (tertiary/aromatic N) is 2. The molecule has 1 aromatic heterocycles. The van der Waals surface area contributed by atoms with Gasteiger partial charge < -0.3 is 9.47 Å². The lowest BCUT2D eigenvalue weighted by Gasteiger charge is -2.29. The average molecular weight is 805 g/mol. The van der Waals surface area contributed by atoms with Crippen LogP contribution in [0.15, 0.2) is 231 Å². The lowest BCUT2D eigenvalue weighted by atomic mass is 9.81. The van der Waals surface area contributed by atoms with E-state index in [1.54, 1.807) is 0 Å². The molecule has 0 unspecified atom stereocenters. The van der Waals surface area contributed by atoms with Crippen LogP contribution >= 0.6 is 0 Å². The lowest BCUT2D eigenvalue weighted by Crippen LogP contribution is -2.16. The molecule has 0 saturated heterocycles. The number of aromatic nitrogens is 1. The first-order chi connectivity index (χ1) is 31.0. The van der Waals surface area contributed by atoms with Crippen molar-refractivity contribution < 1.29 is 0 Å². The summed E-state index contributed by atoms with van der Waals surface area (Å²) in [5.41, 5.74) is 18.1. The highest BCUT2D eigenvalue weighted by Gasteiger charge is 2.36. The van der Waals surface area contributed by atoms with Crippen molar-refractivity contribution in [2.45, 2.75) is 19.3 Å². The molecule has 2 nitrogen and oxygen atoms in total. The smallest absolute Gasteiger partial charge is 0.0619 e. The lowest BCUT2D eigenvalue weighted by molar-refractivity contribution is 0.660. The van der Waals surface area contributed by atoms with E-state index in [2.05, 4.69) is 254 Å². The van der Waals surface area contributed by atoms with Gasteiger partial charge in [0, 0.05) is 38.5 Å². The first kappa shape index (κ1) is 36.9. The van der Waals surface area contributed by atoms with Crippen LogP contribution in [0.5, 0.6) is 0 Å². The summed E-state index contributed by atoms with van der Waals surface area (Å²) in [6.45, 7) is 4.78. The van der Waals surface area contributed by atoms with Gasteiger partial charge in [-0.15, -0.1) is 0 Å². The van der Waals surface area contributed by atoms with E-state index < -0.39 is 0 Å². The molecule has 63 heavy (non-hydrogen) atoms. The van der Waals surface area contributed by atoms with Crippen LogP contribution in [0.2, 0.25) is 0 Å². The largest absolute Gasteiger partial charge is 0.310 e. The van der Waals surface area contributed by atoms with Gasteiger partial charge in [0.2, 0.25) is 0 Å². The Morgan fingerprint density at radius 1 is 0.381 bits per heavy atom. The molecule has 0 atom stereocenters. The zero-order valence-electron chi connectivity index (χ0n) is 35.3. The van der Waals surface area contributed by atoms with Crippen molar-refractivity contribution in [1.29, 1.82) is 0 Å². The van der Waals surface area contributed by atoms with Gasteiger partial charge in [0.25, 0.3) is 0 Å². The maximum atomic E-state index is 2.50. The van der Waals surface area contributed by atoms with Crippen molar-refractivity contribution in [1.82, 2.24) is 4.57 Å². The number of hydrogen-bond acceptors (Lipinski definition) is 1. The van der Waals surface area contributed by atoms with Gasteiger partial charge >= 0.3 is 0 Å².